The number of hydrogen-bond acceptors (Lipinski definition) is 5. The molecule has 0 spiro atoms. The third-order valence-corrected chi connectivity index (χ3v) is 2.86. The lowest BCUT2D eigenvalue weighted by molar-refractivity contribution is -0.154. The molecule has 12 heteroatoms. The molecule has 136 valence electrons. The first kappa shape index (κ1) is 18.7. The molecular formula is C13H10F6N4O2. The first-order chi connectivity index (χ1) is 11.5. The van der Waals surface area contributed by atoms with Crippen molar-refractivity contribution in [3.05, 3.63) is 29.9 Å². The molecule has 2 aromatic heterocycles. The molecule has 0 unspecified atom stereocenters. The van der Waals surface area contributed by atoms with Crippen molar-refractivity contribution in [1.82, 2.24) is 20.4 Å². The maximum absolute atomic E-state index is 12.6. The summed E-state index contributed by atoms with van der Waals surface area (Å²) in [6.07, 6.45) is -10.1. The molecule has 0 aliphatic heterocycles. The van der Waals surface area contributed by atoms with E-state index in [-0.39, 0.29) is 17.3 Å². The van der Waals surface area contributed by atoms with E-state index < -0.39 is 36.4 Å². The molecular weight excluding hydrogens is 358 g/mol. The van der Waals surface area contributed by atoms with Gasteiger partial charge in [-0.05, 0) is 19.1 Å². The molecule has 0 saturated heterocycles. The molecule has 6 nitrogen and oxygen atoms in total. The van der Waals surface area contributed by atoms with Gasteiger partial charge in [0.25, 0.3) is 0 Å². The van der Waals surface area contributed by atoms with Crippen molar-refractivity contribution in [2.75, 3.05) is 0 Å². The van der Waals surface area contributed by atoms with Gasteiger partial charge in [-0.2, -0.15) is 31.3 Å². The fraction of sp³-hybridized carbons (Fsp3) is 0.385. The number of carbonyl (C=O) groups is 1. The summed E-state index contributed by atoms with van der Waals surface area (Å²) < 4.78 is 79.0. The summed E-state index contributed by atoms with van der Waals surface area (Å²) in [5.41, 5.74) is -1.21. The van der Waals surface area contributed by atoms with Gasteiger partial charge < -0.3 is 9.84 Å². The molecule has 0 saturated carbocycles. The average molecular weight is 368 g/mol. The van der Waals surface area contributed by atoms with Crippen molar-refractivity contribution in [3.63, 3.8) is 0 Å². The van der Waals surface area contributed by atoms with E-state index in [1.165, 1.54) is 13.0 Å². The van der Waals surface area contributed by atoms with Gasteiger partial charge in [0.2, 0.25) is 17.6 Å². The van der Waals surface area contributed by atoms with Gasteiger partial charge in [0.15, 0.2) is 0 Å². The predicted octanol–water partition coefficient (Wildman–Crippen LogP) is 3.28. The smallest absolute Gasteiger partial charge is 0.344 e. The van der Waals surface area contributed by atoms with Gasteiger partial charge in [0.05, 0.1) is 0 Å². The lowest BCUT2D eigenvalue weighted by Gasteiger charge is -2.11. The lowest BCUT2D eigenvalue weighted by atomic mass is 10.2. The van der Waals surface area contributed by atoms with Crippen LogP contribution >= 0.6 is 0 Å². The fourth-order valence-electron chi connectivity index (χ4n) is 1.79. The van der Waals surface area contributed by atoms with E-state index in [4.69, 9.17) is 4.52 Å². The topological polar surface area (TPSA) is 80.9 Å². The average Bonchev–Trinajstić information content (AvgIpc) is 2.94. The summed E-state index contributed by atoms with van der Waals surface area (Å²) in [5, 5.41) is 5.46. The number of halogens is 6. The normalized spacial score (nSPS) is 13.6. The van der Waals surface area contributed by atoms with Crippen molar-refractivity contribution >= 4 is 5.91 Å². The number of nitrogens with one attached hydrogen (secondary N) is 1. The SMILES string of the molecule is C[C@H](NC(=O)CC(F)(F)F)c1nc(-c2ccnc(C(F)(F)F)c2)no1. The standard InChI is InChI=1S/C13H10F6N4O2/c1-6(21-9(24)5-12(14,15)16)11-22-10(23-25-11)7-2-3-20-8(4-7)13(17,18)19/h2-4,6H,5H2,1H3,(H,21,24)/t6-/m0/s1. The van der Waals surface area contributed by atoms with Crippen molar-refractivity contribution < 1.29 is 35.7 Å². The number of alkyl halides is 6. The van der Waals surface area contributed by atoms with Gasteiger partial charge >= 0.3 is 12.4 Å². The number of amides is 1. The minimum Gasteiger partial charge on any atom is -0.344 e. The third-order valence-electron chi connectivity index (χ3n) is 2.86. The van der Waals surface area contributed by atoms with Crippen LogP contribution in [0.15, 0.2) is 22.9 Å². The van der Waals surface area contributed by atoms with Crippen LogP contribution in [-0.2, 0) is 11.0 Å². The molecule has 0 radical (unpaired) electrons. The Morgan fingerprint density at radius 2 is 1.96 bits per heavy atom. The van der Waals surface area contributed by atoms with Crippen LogP contribution in [0.5, 0.6) is 0 Å². The molecule has 25 heavy (non-hydrogen) atoms. The van der Waals surface area contributed by atoms with Crippen LogP contribution in [0.25, 0.3) is 11.4 Å². The number of rotatable bonds is 4. The zero-order valence-corrected chi connectivity index (χ0v) is 12.4. The highest BCUT2D eigenvalue weighted by Gasteiger charge is 2.33. The summed E-state index contributed by atoms with van der Waals surface area (Å²) in [6, 6.07) is 0.846. The predicted molar refractivity (Wildman–Crippen MR) is 69.8 cm³/mol. The van der Waals surface area contributed by atoms with E-state index >= 15 is 0 Å². The Kier molecular flexibility index (Phi) is 4.99. The van der Waals surface area contributed by atoms with E-state index in [0.717, 1.165) is 6.20 Å². The van der Waals surface area contributed by atoms with Crippen LogP contribution in [-0.4, -0.2) is 27.2 Å². The van der Waals surface area contributed by atoms with Crippen LogP contribution in [0.2, 0.25) is 0 Å². The van der Waals surface area contributed by atoms with Gasteiger partial charge in [0, 0.05) is 11.8 Å². The van der Waals surface area contributed by atoms with Crippen molar-refractivity contribution in [2.45, 2.75) is 31.7 Å². The number of hydrogen-bond donors (Lipinski definition) is 1. The minimum absolute atomic E-state index is 0.0499. The third kappa shape index (κ3) is 5.16. The Morgan fingerprint density at radius 3 is 2.56 bits per heavy atom. The molecule has 0 aliphatic carbocycles. The maximum atomic E-state index is 12.6. The number of pyridine rings is 1. The summed E-state index contributed by atoms with van der Waals surface area (Å²) >= 11 is 0. The van der Waals surface area contributed by atoms with E-state index in [1.54, 1.807) is 0 Å². The number of carbonyl (C=O) groups excluding carboxylic acids is 1. The molecule has 0 aliphatic rings. The van der Waals surface area contributed by atoms with Gasteiger partial charge in [-0.1, -0.05) is 5.16 Å². The van der Waals surface area contributed by atoms with E-state index in [1.807, 2.05) is 5.32 Å². The first-order valence-corrected chi connectivity index (χ1v) is 6.69. The summed E-state index contributed by atoms with van der Waals surface area (Å²) in [6.45, 7) is 1.29. The molecule has 0 aromatic carbocycles. The highest BCUT2D eigenvalue weighted by atomic mass is 19.4. The van der Waals surface area contributed by atoms with Crippen LogP contribution in [0.4, 0.5) is 26.3 Å². The van der Waals surface area contributed by atoms with Crippen LogP contribution < -0.4 is 5.32 Å². The quantitative estimate of drug-likeness (QED) is 0.838. The summed E-state index contributed by atoms with van der Waals surface area (Å²) in [7, 11) is 0. The van der Waals surface area contributed by atoms with Gasteiger partial charge in [-0.25, -0.2) is 0 Å². The first-order valence-electron chi connectivity index (χ1n) is 6.69. The largest absolute Gasteiger partial charge is 0.433 e. The van der Waals surface area contributed by atoms with E-state index in [2.05, 4.69) is 15.1 Å². The Morgan fingerprint density at radius 1 is 1.28 bits per heavy atom. The summed E-state index contributed by atoms with van der Waals surface area (Å²) in [5.74, 6) is -1.78. The number of aromatic nitrogens is 3. The maximum Gasteiger partial charge on any atom is 0.433 e. The summed E-state index contributed by atoms with van der Waals surface area (Å²) in [4.78, 5) is 18.2. The molecule has 2 rings (SSSR count). The highest BCUT2D eigenvalue weighted by Crippen LogP contribution is 2.30. The molecule has 0 bridgehead atoms. The molecule has 2 aromatic rings. The molecule has 0 fully saturated rings. The van der Waals surface area contributed by atoms with Gasteiger partial charge in [-0.3, -0.25) is 9.78 Å². The lowest BCUT2D eigenvalue weighted by Crippen LogP contribution is -2.30. The van der Waals surface area contributed by atoms with Crippen molar-refractivity contribution in [1.29, 1.82) is 0 Å². The molecule has 2 heterocycles. The Labute approximate surface area is 136 Å². The second-order valence-electron chi connectivity index (χ2n) is 4.96. The van der Waals surface area contributed by atoms with E-state index in [0.29, 0.717) is 6.07 Å². The van der Waals surface area contributed by atoms with Crippen molar-refractivity contribution in [2.24, 2.45) is 0 Å². The second kappa shape index (κ2) is 6.69. The van der Waals surface area contributed by atoms with Crippen LogP contribution in [0.1, 0.15) is 31.0 Å². The highest BCUT2D eigenvalue weighted by molar-refractivity contribution is 5.76. The Balaban J connectivity index is 2.13. The van der Waals surface area contributed by atoms with Gasteiger partial charge in [0.1, 0.15) is 18.2 Å². The zero-order valence-electron chi connectivity index (χ0n) is 12.4. The van der Waals surface area contributed by atoms with Crippen molar-refractivity contribution in [3.8, 4) is 11.4 Å². The zero-order chi connectivity index (χ0) is 18.8. The molecule has 1 amide bonds. The Hall–Kier alpha value is -2.66. The molecule has 1 N–H and O–H groups in total. The fourth-order valence-corrected chi connectivity index (χ4v) is 1.79. The number of nitrogens with zero attached hydrogens (tertiary/aromatic N) is 3. The monoisotopic (exact) mass is 368 g/mol. The van der Waals surface area contributed by atoms with Gasteiger partial charge in [-0.15, -0.1) is 0 Å². The second-order valence-corrected chi connectivity index (χ2v) is 4.96. The van der Waals surface area contributed by atoms with Crippen LogP contribution in [0, 0.1) is 0 Å². The Bertz CT molecular complexity index is 755. The van der Waals surface area contributed by atoms with E-state index in [9.17, 15) is 31.1 Å². The minimum atomic E-state index is -4.67. The molecule has 1 atom stereocenters. The van der Waals surface area contributed by atoms with Crippen LogP contribution in [0.3, 0.4) is 0 Å².